The summed E-state index contributed by atoms with van der Waals surface area (Å²) in [6, 6.07) is 6.99. The molecule has 0 aliphatic carbocycles. The number of nitrogen functional groups attached to an aromatic ring is 1. The maximum atomic E-state index is 11.9. The average molecular weight is 233 g/mol. The summed E-state index contributed by atoms with van der Waals surface area (Å²) >= 11 is 0. The van der Waals surface area contributed by atoms with Crippen molar-refractivity contribution in [2.24, 2.45) is 5.92 Å². The zero-order valence-electron chi connectivity index (χ0n) is 9.40. The summed E-state index contributed by atoms with van der Waals surface area (Å²) in [7, 11) is 0. The zero-order chi connectivity index (χ0) is 12.3. The number of piperidine rings is 1. The number of anilines is 2. The van der Waals surface area contributed by atoms with Gasteiger partial charge in [-0.05, 0) is 30.7 Å². The van der Waals surface area contributed by atoms with E-state index in [0.717, 1.165) is 5.69 Å². The molecule has 1 aliphatic rings. The molecular weight excluding hydrogens is 218 g/mol. The van der Waals surface area contributed by atoms with Gasteiger partial charge in [0, 0.05) is 24.3 Å². The third-order valence-corrected chi connectivity index (χ3v) is 2.81. The number of benzene rings is 1. The van der Waals surface area contributed by atoms with Crippen LogP contribution in [0.25, 0.3) is 0 Å². The van der Waals surface area contributed by atoms with Gasteiger partial charge in [-0.1, -0.05) is 0 Å². The van der Waals surface area contributed by atoms with E-state index in [9.17, 15) is 9.59 Å². The molecule has 2 amide bonds. The number of carbonyl (C=O) groups is 2. The van der Waals surface area contributed by atoms with E-state index in [2.05, 4.69) is 10.6 Å². The first-order valence-corrected chi connectivity index (χ1v) is 5.58. The van der Waals surface area contributed by atoms with Crippen LogP contribution in [-0.2, 0) is 9.59 Å². The van der Waals surface area contributed by atoms with Crippen molar-refractivity contribution < 1.29 is 9.59 Å². The summed E-state index contributed by atoms with van der Waals surface area (Å²) in [6.07, 6.45) is 1.02. The summed E-state index contributed by atoms with van der Waals surface area (Å²) < 4.78 is 0. The Balaban J connectivity index is 1.92. The maximum absolute atomic E-state index is 11.9. The van der Waals surface area contributed by atoms with Gasteiger partial charge in [-0.2, -0.15) is 0 Å². The lowest BCUT2D eigenvalue weighted by Gasteiger charge is -2.21. The Morgan fingerprint density at radius 2 is 2.06 bits per heavy atom. The molecule has 1 fully saturated rings. The fraction of sp³-hybridized carbons (Fsp3) is 0.333. The van der Waals surface area contributed by atoms with Gasteiger partial charge in [0.15, 0.2) is 0 Å². The van der Waals surface area contributed by atoms with Crippen LogP contribution in [0, 0.1) is 5.92 Å². The highest BCUT2D eigenvalue weighted by Crippen LogP contribution is 2.15. The minimum atomic E-state index is -0.148. The Morgan fingerprint density at radius 3 is 2.65 bits per heavy atom. The minimum absolute atomic E-state index is 0.0153. The fourth-order valence-electron chi connectivity index (χ4n) is 1.77. The van der Waals surface area contributed by atoms with Crippen molar-refractivity contribution >= 4 is 23.2 Å². The highest BCUT2D eigenvalue weighted by Gasteiger charge is 2.24. The van der Waals surface area contributed by atoms with E-state index in [4.69, 9.17) is 5.73 Å². The molecule has 1 atom stereocenters. The molecule has 5 heteroatoms. The van der Waals surface area contributed by atoms with Gasteiger partial charge >= 0.3 is 0 Å². The van der Waals surface area contributed by atoms with Gasteiger partial charge in [0.1, 0.15) is 0 Å². The second kappa shape index (κ2) is 4.86. The zero-order valence-corrected chi connectivity index (χ0v) is 9.40. The molecule has 4 N–H and O–H groups in total. The first kappa shape index (κ1) is 11.4. The van der Waals surface area contributed by atoms with Crippen molar-refractivity contribution in [1.29, 1.82) is 0 Å². The molecule has 0 bridgehead atoms. The van der Waals surface area contributed by atoms with Crippen molar-refractivity contribution in [3.63, 3.8) is 0 Å². The molecule has 0 spiro atoms. The number of nitrogens with two attached hydrogens (primary N) is 1. The predicted molar refractivity (Wildman–Crippen MR) is 65.2 cm³/mol. The molecule has 1 aromatic rings. The summed E-state index contributed by atoms with van der Waals surface area (Å²) in [5.41, 5.74) is 6.94. The van der Waals surface area contributed by atoms with Crippen molar-refractivity contribution in [2.75, 3.05) is 17.6 Å². The first-order valence-electron chi connectivity index (χ1n) is 5.58. The molecule has 1 unspecified atom stereocenters. The number of hydrogen-bond acceptors (Lipinski definition) is 3. The van der Waals surface area contributed by atoms with Crippen LogP contribution < -0.4 is 16.4 Å². The molecule has 1 aliphatic heterocycles. The number of amides is 2. The Hall–Kier alpha value is -2.04. The Kier molecular flexibility index (Phi) is 3.27. The van der Waals surface area contributed by atoms with Crippen LogP contribution in [0.2, 0.25) is 0 Å². The fourth-order valence-corrected chi connectivity index (χ4v) is 1.77. The third kappa shape index (κ3) is 2.96. The third-order valence-electron chi connectivity index (χ3n) is 2.81. The summed E-state index contributed by atoms with van der Waals surface area (Å²) in [6.45, 7) is 0.416. The maximum Gasteiger partial charge on any atom is 0.229 e. The van der Waals surface area contributed by atoms with Gasteiger partial charge in [-0.3, -0.25) is 9.59 Å². The summed E-state index contributed by atoms with van der Waals surface area (Å²) in [5.74, 6) is -0.193. The molecule has 5 nitrogen and oxygen atoms in total. The highest BCUT2D eigenvalue weighted by atomic mass is 16.2. The lowest BCUT2D eigenvalue weighted by Crippen LogP contribution is -2.40. The normalized spacial score (nSPS) is 19.5. The van der Waals surface area contributed by atoms with Crippen LogP contribution in [-0.4, -0.2) is 18.4 Å². The second-order valence-electron chi connectivity index (χ2n) is 4.15. The smallest absolute Gasteiger partial charge is 0.229 e. The van der Waals surface area contributed by atoms with E-state index in [0.29, 0.717) is 25.1 Å². The Bertz CT molecular complexity index is 418. The van der Waals surface area contributed by atoms with Crippen LogP contribution >= 0.6 is 0 Å². The van der Waals surface area contributed by atoms with Crippen LogP contribution in [0.4, 0.5) is 11.4 Å². The SMILES string of the molecule is Nc1ccc(NC(=O)C2CCC(=O)NC2)cc1. The van der Waals surface area contributed by atoms with Crippen LogP contribution in [0.1, 0.15) is 12.8 Å². The number of nitrogens with one attached hydrogen (secondary N) is 2. The monoisotopic (exact) mass is 233 g/mol. The molecule has 2 rings (SSSR count). The van der Waals surface area contributed by atoms with E-state index in [1.54, 1.807) is 24.3 Å². The molecular formula is C12H15N3O2. The molecule has 1 heterocycles. The Labute approximate surface area is 99.4 Å². The summed E-state index contributed by atoms with van der Waals surface area (Å²) in [4.78, 5) is 22.8. The van der Waals surface area contributed by atoms with Crippen molar-refractivity contribution in [1.82, 2.24) is 5.32 Å². The second-order valence-corrected chi connectivity index (χ2v) is 4.15. The van der Waals surface area contributed by atoms with Gasteiger partial charge in [-0.15, -0.1) is 0 Å². The van der Waals surface area contributed by atoms with Gasteiger partial charge in [-0.25, -0.2) is 0 Å². The Morgan fingerprint density at radius 1 is 1.35 bits per heavy atom. The van der Waals surface area contributed by atoms with E-state index >= 15 is 0 Å². The van der Waals surface area contributed by atoms with E-state index in [1.165, 1.54) is 0 Å². The summed E-state index contributed by atoms with van der Waals surface area (Å²) in [5, 5.41) is 5.50. The number of carbonyl (C=O) groups excluding carboxylic acids is 2. The highest BCUT2D eigenvalue weighted by molar-refractivity contribution is 5.94. The molecule has 0 radical (unpaired) electrons. The molecule has 0 saturated carbocycles. The molecule has 1 saturated heterocycles. The quantitative estimate of drug-likeness (QED) is 0.658. The van der Waals surface area contributed by atoms with Crippen molar-refractivity contribution in [3.8, 4) is 0 Å². The standard InChI is InChI=1S/C12H15N3O2/c13-9-2-4-10(5-3-9)15-12(17)8-1-6-11(16)14-7-8/h2-5,8H,1,6-7,13H2,(H,14,16)(H,15,17). The molecule has 0 aromatic heterocycles. The van der Waals surface area contributed by atoms with Crippen LogP contribution in [0.3, 0.4) is 0 Å². The predicted octanol–water partition coefficient (Wildman–Crippen LogP) is 0.733. The molecule has 90 valence electrons. The lowest BCUT2D eigenvalue weighted by atomic mass is 9.98. The average Bonchev–Trinajstić information content (AvgIpc) is 2.33. The van der Waals surface area contributed by atoms with Crippen molar-refractivity contribution in [3.05, 3.63) is 24.3 Å². The molecule has 1 aromatic carbocycles. The van der Waals surface area contributed by atoms with Gasteiger partial charge in [0.2, 0.25) is 11.8 Å². The van der Waals surface area contributed by atoms with Gasteiger partial charge < -0.3 is 16.4 Å². The van der Waals surface area contributed by atoms with Gasteiger partial charge in [0.05, 0.1) is 5.92 Å². The minimum Gasteiger partial charge on any atom is -0.399 e. The van der Waals surface area contributed by atoms with E-state index < -0.39 is 0 Å². The number of hydrogen-bond donors (Lipinski definition) is 3. The first-order chi connectivity index (χ1) is 8.15. The largest absolute Gasteiger partial charge is 0.399 e. The topological polar surface area (TPSA) is 84.2 Å². The lowest BCUT2D eigenvalue weighted by molar-refractivity contribution is -0.126. The van der Waals surface area contributed by atoms with Crippen LogP contribution in [0.15, 0.2) is 24.3 Å². The van der Waals surface area contributed by atoms with E-state index in [1.807, 2.05) is 0 Å². The van der Waals surface area contributed by atoms with Crippen LogP contribution in [0.5, 0.6) is 0 Å². The van der Waals surface area contributed by atoms with Gasteiger partial charge in [0.25, 0.3) is 0 Å². The number of rotatable bonds is 2. The molecule has 17 heavy (non-hydrogen) atoms. The van der Waals surface area contributed by atoms with E-state index in [-0.39, 0.29) is 17.7 Å². The van der Waals surface area contributed by atoms with Crippen molar-refractivity contribution in [2.45, 2.75) is 12.8 Å².